The van der Waals surface area contributed by atoms with Gasteiger partial charge in [0.2, 0.25) is 0 Å². The molecule has 1 aliphatic carbocycles. The van der Waals surface area contributed by atoms with Crippen LogP contribution in [-0.4, -0.2) is 35.0 Å². The maximum Gasteiger partial charge on any atom is 0.349 e. The molecule has 6 nitrogen and oxygen atoms in total. The summed E-state index contributed by atoms with van der Waals surface area (Å²) < 4.78 is 5.22. The van der Waals surface area contributed by atoms with Crippen molar-refractivity contribution < 1.29 is 19.1 Å². The first-order valence-corrected chi connectivity index (χ1v) is 8.07. The molecule has 6 heteroatoms. The second-order valence-corrected chi connectivity index (χ2v) is 6.72. The second-order valence-electron chi connectivity index (χ2n) is 6.72. The van der Waals surface area contributed by atoms with Crippen molar-refractivity contribution in [3.05, 3.63) is 46.3 Å². The molecule has 2 fully saturated rings. The van der Waals surface area contributed by atoms with Crippen LogP contribution in [0.25, 0.3) is 11.0 Å². The molecule has 2 atom stereocenters. The van der Waals surface area contributed by atoms with Crippen LogP contribution in [0.4, 0.5) is 0 Å². The third-order valence-corrected chi connectivity index (χ3v) is 5.46. The summed E-state index contributed by atoms with van der Waals surface area (Å²) in [7, 11) is 0. The molecule has 1 aromatic carbocycles. The zero-order valence-corrected chi connectivity index (χ0v) is 13.0. The van der Waals surface area contributed by atoms with E-state index in [1.54, 1.807) is 24.3 Å². The normalized spacial score (nSPS) is 25.8. The topological polar surface area (TPSA) is 87.8 Å². The first-order chi connectivity index (χ1) is 11.5. The lowest BCUT2D eigenvalue weighted by atomic mass is 9.81. The zero-order valence-electron chi connectivity index (χ0n) is 13.0. The van der Waals surface area contributed by atoms with Crippen LogP contribution in [0.3, 0.4) is 0 Å². The van der Waals surface area contributed by atoms with Crippen LogP contribution in [0.2, 0.25) is 0 Å². The molecule has 0 unspecified atom stereocenters. The molecule has 1 saturated carbocycles. The lowest BCUT2D eigenvalue weighted by Crippen LogP contribution is -2.38. The molecule has 124 valence electrons. The molecule has 1 saturated heterocycles. The number of hydrogen-bond acceptors (Lipinski definition) is 4. The van der Waals surface area contributed by atoms with E-state index in [0.29, 0.717) is 23.9 Å². The maximum absolute atomic E-state index is 12.8. The molecule has 1 aliphatic heterocycles. The van der Waals surface area contributed by atoms with Gasteiger partial charge in [-0.3, -0.25) is 9.59 Å². The van der Waals surface area contributed by atoms with E-state index in [0.717, 1.165) is 12.8 Å². The molecule has 0 bridgehead atoms. The van der Waals surface area contributed by atoms with Gasteiger partial charge < -0.3 is 14.4 Å². The van der Waals surface area contributed by atoms with Gasteiger partial charge in [-0.15, -0.1) is 0 Å². The van der Waals surface area contributed by atoms with Crippen molar-refractivity contribution in [1.82, 2.24) is 4.90 Å². The van der Waals surface area contributed by atoms with Gasteiger partial charge in [-0.25, -0.2) is 4.79 Å². The van der Waals surface area contributed by atoms with Gasteiger partial charge in [0.15, 0.2) is 0 Å². The van der Waals surface area contributed by atoms with Gasteiger partial charge in [-0.1, -0.05) is 24.6 Å². The summed E-state index contributed by atoms with van der Waals surface area (Å²) in [5.41, 5.74) is -1.14. The number of para-hydroxylation sites is 1. The first kappa shape index (κ1) is 14.9. The number of hydrogen-bond donors (Lipinski definition) is 1. The number of likely N-dealkylation sites (tertiary alicyclic amines) is 1. The molecular weight excluding hydrogens is 310 g/mol. The minimum absolute atomic E-state index is 0.0331. The molecule has 2 aliphatic rings. The van der Waals surface area contributed by atoms with Crippen molar-refractivity contribution in [2.45, 2.75) is 19.3 Å². The Hall–Kier alpha value is -2.63. The number of benzene rings is 1. The highest BCUT2D eigenvalue weighted by atomic mass is 16.4. The Morgan fingerprint density at radius 3 is 2.83 bits per heavy atom. The minimum Gasteiger partial charge on any atom is -0.481 e. The van der Waals surface area contributed by atoms with E-state index in [4.69, 9.17) is 4.42 Å². The molecule has 1 N–H and O–H groups in total. The SMILES string of the molecule is O=C(c1cc2ccccc2oc1=O)N1C[C@@H]2CCC[C@@]2(C(=O)O)C1. The van der Waals surface area contributed by atoms with Crippen LogP contribution in [-0.2, 0) is 4.79 Å². The number of carbonyl (C=O) groups is 2. The standard InChI is InChI=1S/C18H17NO5/c20-15(13-8-11-4-1-2-6-14(11)24-16(13)21)19-9-12-5-3-7-18(12,10-19)17(22)23/h1-2,4,6,8,12H,3,5,7,9-10H2,(H,22,23)/t12-,18+/m0/s1. The van der Waals surface area contributed by atoms with Gasteiger partial charge in [0.25, 0.3) is 5.91 Å². The van der Waals surface area contributed by atoms with E-state index >= 15 is 0 Å². The van der Waals surface area contributed by atoms with Gasteiger partial charge in [-0.05, 0) is 30.9 Å². The lowest BCUT2D eigenvalue weighted by Gasteiger charge is -2.23. The molecular formula is C18H17NO5. The third kappa shape index (κ3) is 2.06. The monoisotopic (exact) mass is 327 g/mol. The van der Waals surface area contributed by atoms with Crippen molar-refractivity contribution in [2.24, 2.45) is 11.3 Å². The molecule has 24 heavy (non-hydrogen) atoms. The predicted molar refractivity (Wildman–Crippen MR) is 85.8 cm³/mol. The van der Waals surface area contributed by atoms with E-state index in [9.17, 15) is 19.5 Å². The molecule has 4 rings (SSSR count). The second kappa shape index (κ2) is 5.19. The molecule has 2 aromatic rings. The summed E-state index contributed by atoms with van der Waals surface area (Å²) >= 11 is 0. The molecule has 1 amide bonds. The van der Waals surface area contributed by atoms with Crippen molar-refractivity contribution in [2.75, 3.05) is 13.1 Å². The highest BCUT2D eigenvalue weighted by molar-refractivity contribution is 5.97. The van der Waals surface area contributed by atoms with Crippen molar-refractivity contribution in [3.8, 4) is 0 Å². The first-order valence-electron chi connectivity index (χ1n) is 8.07. The van der Waals surface area contributed by atoms with E-state index in [1.165, 1.54) is 11.0 Å². The fourth-order valence-corrected chi connectivity index (χ4v) is 4.17. The summed E-state index contributed by atoms with van der Waals surface area (Å²) in [5, 5.41) is 10.3. The van der Waals surface area contributed by atoms with Crippen LogP contribution in [0.5, 0.6) is 0 Å². The highest BCUT2D eigenvalue weighted by Crippen LogP contribution is 2.49. The number of carbonyl (C=O) groups excluding carboxylic acids is 1. The fourth-order valence-electron chi connectivity index (χ4n) is 4.17. The Morgan fingerprint density at radius 1 is 1.29 bits per heavy atom. The Balaban J connectivity index is 1.69. The summed E-state index contributed by atoms with van der Waals surface area (Å²) in [4.78, 5) is 38.2. The Morgan fingerprint density at radius 2 is 2.08 bits per heavy atom. The largest absolute Gasteiger partial charge is 0.481 e. The fraction of sp³-hybridized carbons (Fsp3) is 0.389. The van der Waals surface area contributed by atoms with E-state index in [2.05, 4.69) is 0 Å². The van der Waals surface area contributed by atoms with Crippen LogP contribution in [0.15, 0.2) is 39.5 Å². The molecule has 2 heterocycles. The number of nitrogens with zero attached hydrogens (tertiary/aromatic N) is 1. The number of carboxylic acid groups (broad SMARTS) is 1. The molecule has 0 radical (unpaired) electrons. The number of fused-ring (bicyclic) bond motifs is 2. The number of aliphatic carboxylic acids is 1. The predicted octanol–water partition coefficient (Wildman–Crippen LogP) is 2.12. The highest BCUT2D eigenvalue weighted by Gasteiger charge is 2.56. The van der Waals surface area contributed by atoms with Crippen LogP contribution in [0.1, 0.15) is 29.6 Å². The average molecular weight is 327 g/mol. The lowest BCUT2D eigenvalue weighted by molar-refractivity contribution is -0.149. The van der Waals surface area contributed by atoms with Gasteiger partial charge in [0, 0.05) is 18.5 Å². The summed E-state index contributed by atoms with van der Waals surface area (Å²) in [5.74, 6) is -1.32. The van der Waals surface area contributed by atoms with E-state index < -0.39 is 22.9 Å². The smallest absolute Gasteiger partial charge is 0.349 e. The Bertz CT molecular complexity index is 902. The van der Waals surface area contributed by atoms with E-state index in [1.807, 2.05) is 0 Å². The van der Waals surface area contributed by atoms with E-state index in [-0.39, 0.29) is 18.0 Å². The third-order valence-electron chi connectivity index (χ3n) is 5.46. The number of amides is 1. The summed E-state index contributed by atoms with van der Waals surface area (Å²) in [6.45, 7) is 0.551. The quantitative estimate of drug-likeness (QED) is 0.854. The van der Waals surface area contributed by atoms with Crippen LogP contribution in [0, 0.1) is 11.3 Å². The van der Waals surface area contributed by atoms with Gasteiger partial charge in [-0.2, -0.15) is 0 Å². The zero-order chi connectivity index (χ0) is 16.9. The molecule has 1 aromatic heterocycles. The number of rotatable bonds is 2. The maximum atomic E-state index is 12.8. The van der Waals surface area contributed by atoms with Crippen molar-refractivity contribution in [1.29, 1.82) is 0 Å². The Kier molecular flexibility index (Phi) is 3.23. The number of carboxylic acids is 1. The van der Waals surface area contributed by atoms with Gasteiger partial charge in [0.1, 0.15) is 11.1 Å². The van der Waals surface area contributed by atoms with Crippen LogP contribution < -0.4 is 5.63 Å². The van der Waals surface area contributed by atoms with Crippen molar-refractivity contribution >= 4 is 22.8 Å². The minimum atomic E-state index is -0.854. The van der Waals surface area contributed by atoms with Crippen molar-refractivity contribution in [3.63, 3.8) is 0 Å². The summed E-state index contributed by atoms with van der Waals surface area (Å²) in [6.07, 6.45) is 2.27. The average Bonchev–Trinajstić information content (AvgIpc) is 3.11. The van der Waals surface area contributed by atoms with Gasteiger partial charge >= 0.3 is 11.6 Å². The molecule has 0 spiro atoms. The van der Waals surface area contributed by atoms with Gasteiger partial charge in [0.05, 0.1) is 5.41 Å². The van der Waals surface area contributed by atoms with Crippen LogP contribution >= 0.6 is 0 Å². The Labute approximate surface area is 137 Å². The summed E-state index contributed by atoms with van der Waals surface area (Å²) in [6, 6.07) is 8.53.